The lowest BCUT2D eigenvalue weighted by molar-refractivity contribution is 0.111. The first kappa shape index (κ1) is 64.3. The maximum Gasteiger partial charge on any atom is 0.174 e. The lowest BCUT2D eigenvalue weighted by Gasteiger charge is -2.09. The van der Waals surface area contributed by atoms with Crippen LogP contribution in [0.25, 0.3) is 0 Å². The van der Waals surface area contributed by atoms with Crippen LogP contribution >= 0.6 is 47.8 Å². The van der Waals surface area contributed by atoms with E-state index >= 15 is 0 Å². The number of ether oxygens (including phenoxy) is 4. The summed E-state index contributed by atoms with van der Waals surface area (Å²) in [6, 6.07) is 39.4. The molecule has 0 saturated heterocycles. The van der Waals surface area contributed by atoms with E-state index in [2.05, 4.69) is 47.8 Å². The Morgan fingerprint density at radius 2 is 0.959 bits per heavy atom. The van der Waals surface area contributed by atoms with Gasteiger partial charge in [0, 0.05) is 42.3 Å². The molecule has 0 N–H and O–H groups in total. The van der Waals surface area contributed by atoms with Crippen molar-refractivity contribution in [2.24, 2.45) is 0 Å². The van der Waals surface area contributed by atoms with Crippen LogP contribution in [0.5, 0.6) is 23.0 Å². The van der Waals surface area contributed by atoms with Crippen LogP contribution in [-0.4, -0.2) is 72.4 Å². The van der Waals surface area contributed by atoms with Gasteiger partial charge in [-0.05, 0) is 145 Å². The lowest BCUT2D eigenvalue weighted by atomic mass is 10.1. The molecule has 12 nitrogen and oxygen atoms in total. The zero-order valence-corrected chi connectivity index (χ0v) is 46.5. The molecule has 0 aliphatic heterocycles. The van der Waals surface area contributed by atoms with Crippen LogP contribution in [0.15, 0.2) is 147 Å². The van der Waals surface area contributed by atoms with E-state index in [4.69, 9.17) is 24.2 Å². The Morgan fingerprint density at radius 3 is 1.43 bits per heavy atom. The topological polar surface area (TPSA) is 180 Å². The lowest BCUT2D eigenvalue weighted by Crippen LogP contribution is -1.93. The highest BCUT2D eigenvalue weighted by Gasteiger charge is 2.10. The quantitative estimate of drug-likeness (QED) is 0.112. The van der Waals surface area contributed by atoms with Crippen molar-refractivity contribution in [2.75, 3.05) is 28.4 Å². The standard InChI is InChI=1S/C10H12O2.C9H9BrO3.C9H10O.C8H7BrO2.C8H5NO.C7H5BrO.C7H5FO/c1-7-5-10(12-3)8(2)4-9(7)6-11;1-12-8-4-6(5-11)3-7(10)9(8)13-2;1-7-3-4-8(2)9(5-7)6-10;1-11-8-3-2-7(9)4-6(8)5-10;9-5-7-2-1-3-8(4-7)6-10;2*8-7-3-1-2-6(4-7)5-9/h4-6H,1-3H3;3-5H,1-2H3;3-6H,1-2H3;2-5H,1H3;1-4,6H;2*1-5H. The number of aryl methyl sites for hydroxylation is 4. The van der Waals surface area contributed by atoms with Crippen LogP contribution < -0.4 is 18.9 Å². The zero-order valence-electron chi connectivity index (χ0n) is 41.7. The number of rotatable bonds is 11. The van der Waals surface area contributed by atoms with Gasteiger partial charge in [0.25, 0.3) is 0 Å². The molecule has 0 amide bonds. The average molecular weight is 1200 g/mol. The van der Waals surface area contributed by atoms with Crippen molar-refractivity contribution in [1.29, 1.82) is 5.26 Å². The molecule has 0 bridgehead atoms. The van der Waals surface area contributed by atoms with E-state index in [9.17, 15) is 38.0 Å². The Hall–Kier alpha value is -7.71. The van der Waals surface area contributed by atoms with Crippen molar-refractivity contribution in [1.82, 2.24) is 0 Å². The van der Waals surface area contributed by atoms with E-state index in [1.165, 1.54) is 32.4 Å². The normalized spacial score (nSPS) is 9.18. The minimum atomic E-state index is -0.375. The summed E-state index contributed by atoms with van der Waals surface area (Å²) in [6.45, 7) is 7.73. The van der Waals surface area contributed by atoms with Gasteiger partial charge in [0.15, 0.2) is 17.8 Å². The Balaban J connectivity index is 0.000000433. The smallest absolute Gasteiger partial charge is 0.174 e. The van der Waals surface area contributed by atoms with Gasteiger partial charge in [-0.1, -0.05) is 86.0 Å². The van der Waals surface area contributed by atoms with Gasteiger partial charge in [0.1, 0.15) is 55.0 Å². The SMILES string of the molecule is COc1cc(C)c(C=O)cc1C.COc1cc(C=O)cc(Br)c1OC.COc1ccc(Br)cc1C=O.Cc1ccc(C)c(C=O)c1.N#Cc1cccc(C=O)c1.O=Cc1cccc(Br)c1.O=Cc1cccc(F)c1. The van der Waals surface area contributed by atoms with Crippen LogP contribution in [0.1, 0.15) is 100 Å². The molecule has 384 valence electrons. The van der Waals surface area contributed by atoms with E-state index in [0.29, 0.717) is 61.4 Å². The monoisotopic (exact) mass is 1200 g/mol. The fraction of sp³-hybridized carbons (Fsp3) is 0.138. The number of hydrogen-bond acceptors (Lipinski definition) is 12. The summed E-state index contributed by atoms with van der Waals surface area (Å²) in [5, 5.41) is 8.39. The Labute approximate surface area is 455 Å². The number of methoxy groups -OCH3 is 4. The minimum Gasteiger partial charge on any atom is -0.496 e. The van der Waals surface area contributed by atoms with Crippen molar-refractivity contribution in [3.63, 3.8) is 0 Å². The van der Waals surface area contributed by atoms with Crippen molar-refractivity contribution < 1.29 is 56.9 Å². The van der Waals surface area contributed by atoms with Crippen molar-refractivity contribution in [2.45, 2.75) is 27.7 Å². The second-order valence-electron chi connectivity index (χ2n) is 14.8. The second kappa shape index (κ2) is 36.2. The highest BCUT2D eigenvalue weighted by atomic mass is 79.9. The van der Waals surface area contributed by atoms with Gasteiger partial charge in [0.05, 0.1) is 50.1 Å². The highest BCUT2D eigenvalue weighted by Crippen LogP contribution is 2.35. The molecule has 0 aliphatic rings. The third-order valence-electron chi connectivity index (χ3n) is 9.50. The first-order chi connectivity index (χ1) is 35.4. The number of carbonyl (C=O) groups excluding carboxylic acids is 7. The Morgan fingerprint density at radius 1 is 0.432 bits per heavy atom. The van der Waals surface area contributed by atoms with E-state index in [-0.39, 0.29) is 5.82 Å². The molecule has 0 radical (unpaired) electrons. The van der Waals surface area contributed by atoms with Gasteiger partial charge >= 0.3 is 0 Å². The molecule has 0 saturated carbocycles. The molecule has 0 heterocycles. The number of benzene rings is 7. The average Bonchev–Trinajstić information content (AvgIpc) is 3.42. The van der Waals surface area contributed by atoms with E-state index < -0.39 is 0 Å². The van der Waals surface area contributed by atoms with E-state index in [0.717, 1.165) is 85.8 Å². The molecule has 7 aromatic rings. The first-order valence-electron chi connectivity index (χ1n) is 21.6. The summed E-state index contributed by atoms with van der Waals surface area (Å²) in [7, 11) is 6.24. The molecular weight excluding hydrogens is 1150 g/mol. The third kappa shape index (κ3) is 23.7. The predicted octanol–water partition coefficient (Wildman–Crippen LogP) is 14.1. The first-order valence-corrected chi connectivity index (χ1v) is 24.0. The molecule has 0 aromatic heterocycles. The Kier molecular flexibility index (Phi) is 31.5. The molecule has 7 rings (SSSR count). The van der Waals surface area contributed by atoms with Crippen LogP contribution in [-0.2, 0) is 0 Å². The van der Waals surface area contributed by atoms with Gasteiger partial charge in [0.2, 0.25) is 0 Å². The number of hydrogen-bond donors (Lipinski definition) is 0. The van der Waals surface area contributed by atoms with Gasteiger partial charge in [-0.15, -0.1) is 0 Å². The van der Waals surface area contributed by atoms with Crippen molar-refractivity contribution >= 4 is 91.8 Å². The molecule has 0 spiro atoms. The summed E-state index contributed by atoms with van der Waals surface area (Å²) in [4.78, 5) is 72.2. The van der Waals surface area contributed by atoms with Crippen molar-refractivity contribution in [3.8, 4) is 29.1 Å². The van der Waals surface area contributed by atoms with E-state index in [1.54, 1.807) is 80.9 Å². The molecule has 16 heteroatoms. The molecular formula is C58H53Br3FNO11. The van der Waals surface area contributed by atoms with E-state index in [1.807, 2.05) is 82.3 Å². The van der Waals surface area contributed by atoms with Crippen LogP contribution in [0, 0.1) is 44.8 Å². The molecule has 0 atom stereocenters. The third-order valence-corrected chi connectivity index (χ3v) is 11.1. The van der Waals surface area contributed by atoms with Gasteiger partial charge < -0.3 is 18.9 Å². The predicted molar refractivity (Wildman–Crippen MR) is 296 cm³/mol. The second-order valence-corrected chi connectivity index (χ2v) is 17.5. The van der Waals surface area contributed by atoms with Crippen LogP contribution in [0.3, 0.4) is 0 Å². The number of halogens is 4. The molecule has 0 fully saturated rings. The molecule has 74 heavy (non-hydrogen) atoms. The van der Waals surface area contributed by atoms with Gasteiger partial charge in [-0.25, -0.2) is 4.39 Å². The number of carbonyl (C=O) groups is 7. The van der Waals surface area contributed by atoms with Gasteiger partial charge in [-0.2, -0.15) is 5.26 Å². The largest absolute Gasteiger partial charge is 0.496 e. The summed E-state index contributed by atoms with van der Waals surface area (Å²) in [5.74, 6) is 2.19. The maximum atomic E-state index is 12.2. The molecule has 0 aliphatic carbocycles. The van der Waals surface area contributed by atoms with Gasteiger partial charge in [-0.3, -0.25) is 33.6 Å². The zero-order chi connectivity index (χ0) is 55.6. The maximum absolute atomic E-state index is 12.2. The number of nitriles is 1. The summed E-state index contributed by atoms with van der Waals surface area (Å²) in [5.41, 5.74) is 8.87. The van der Waals surface area contributed by atoms with Crippen molar-refractivity contribution in [3.05, 3.63) is 219 Å². The minimum absolute atomic E-state index is 0.370. The fourth-order valence-corrected chi connectivity index (χ4v) is 7.11. The fourth-order valence-electron chi connectivity index (χ4n) is 5.69. The number of nitrogens with zero attached hydrogens (tertiary/aromatic N) is 1. The summed E-state index contributed by atoms with van der Waals surface area (Å²) in [6.07, 6.45) is 5.44. The van der Waals surface area contributed by atoms with Crippen LogP contribution in [0.4, 0.5) is 4.39 Å². The number of aldehydes is 7. The Bertz CT molecular complexity index is 2960. The molecule has 7 aromatic carbocycles. The van der Waals surface area contributed by atoms with Crippen LogP contribution in [0.2, 0.25) is 0 Å². The summed E-state index contributed by atoms with van der Waals surface area (Å²) >= 11 is 9.77. The molecule has 0 unspecified atom stereocenters. The summed E-state index contributed by atoms with van der Waals surface area (Å²) < 4.78 is 34.9. The highest BCUT2D eigenvalue weighted by molar-refractivity contribution is 9.11.